The number of hydrogen-bond donors (Lipinski definition) is 0. The largest absolute Gasteiger partial charge is 0.288 e. The smallest absolute Gasteiger partial charge is 0.0766 e. The van der Waals surface area contributed by atoms with Crippen molar-refractivity contribution in [3.63, 3.8) is 0 Å². The fourth-order valence-electron chi connectivity index (χ4n) is 1.72. The normalized spacial score (nSPS) is 21.4. The summed E-state index contributed by atoms with van der Waals surface area (Å²) in [5.41, 5.74) is -0.0374. The van der Waals surface area contributed by atoms with Crippen LogP contribution in [-0.2, 0) is 0 Å². The molecule has 1 fully saturated rings. The molecule has 0 N–H and O–H groups in total. The molecule has 1 saturated heterocycles. The van der Waals surface area contributed by atoms with Crippen LogP contribution in [0.2, 0.25) is 0 Å². The van der Waals surface area contributed by atoms with Gasteiger partial charge in [-0.2, -0.15) is 0 Å². The van der Waals surface area contributed by atoms with Crippen LogP contribution in [0.3, 0.4) is 0 Å². The monoisotopic (exact) mass is 165 g/mol. The van der Waals surface area contributed by atoms with Crippen molar-refractivity contribution in [1.29, 1.82) is 0 Å². The molecule has 1 heteroatoms. The zero-order valence-corrected chi connectivity index (χ0v) is 8.27. The van der Waals surface area contributed by atoms with Gasteiger partial charge in [0.1, 0.15) is 0 Å². The molecule has 0 bridgehead atoms. The zero-order chi connectivity index (χ0) is 9.03. The van der Waals surface area contributed by atoms with Crippen LogP contribution >= 0.6 is 0 Å². The summed E-state index contributed by atoms with van der Waals surface area (Å²) in [6.45, 7) is 6.63. The van der Waals surface area contributed by atoms with E-state index < -0.39 is 0 Å². The van der Waals surface area contributed by atoms with Crippen molar-refractivity contribution in [2.75, 3.05) is 13.1 Å². The molecular formula is C11H19N. The molecule has 0 aromatic heterocycles. The Bertz CT molecular complexity index is 168. The van der Waals surface area contributed by atoms with Gasteiger partial charge in [-0.1, -0.05) is 18.8 Å². The van der Waals surface area contributed by atoms with Crippen molar-refractivity contribution in [2.24, 2.45) is 0 Å². The van der Waals surface area contributed by atoms with Gasteiger partial charge in [0.15, 0.2) is 0 Å². The van der Waals surface area contributed by atoms with Crippen LogP contribution in [0.1, 0.15) is 39.5 Å². The number of terminal acetylenes is 1. The number of likely N-dealkylation sites (tertiary alicyclic amines) is 1. The molecule has 0 aromatic rings. The minimum atomic E-state index is -0.0374. The Morgan fingerprint density at radius 3 is 2.00 bits per heavy atom. The van der Waals surface area contributed by atoms with Gasteiger partial charge in [0, 0.05) is 0 Å². The van der Waals surface area contributed by atoms with Crippen LogP contribution in [0.5, 0.6) is 0 Å². The standard InChI is InChI=1S/C11H19N/c1-4-11(2,3)12-9-7-5-6-8-10-12/h1H,5-10H2,2-3H3. The van der Waals surface area contributed by atoms with Crippen molar-refractivity contribution >= 4 is 0 Å². The average Bonchev–Trinajstić information content (AvgIpc) is 2.32. The second-order valence-corrected chi connectivity index (χ2v) is 4.10. The first-order valence-corrected chi connectivity index (χ1v) is 4.89. The maximum absolute atomic E-state index is 5.50. The van der Waals surface area contributed by atoms with Gasteiger partial charge in [-0.3, -0.25) is 4.90 Å². The summed E-state index contributed by atoms with van der Waals surface area (Å²) < 4.78 is 0. The molecule has 68 valence electrons. The van der Waals surface area contributed by atoms with Crippen LogP contribution in [0.25, 0.3) is 0 Å². The molecule has 0 saturated carbocycles. The molecule has 1 rings (SSSR count). The van der Waals surface area contributed by atoms with E-state index in [2.05, 4.69) is 24.7 Å². The SMILES string of the molecule is C#CC(C)(C)N1CCCCCC1. The third kappa shape index (κ3) is 2.25. The van der Waals surface area contributed by atoms with Gasteiger partial charge in [0.2, 0.25) is 0 Å². The summed E-state index contributed by atoms with van der Waals surface area (Å²) >= 11 is 0. The maximum Gasteiger partial charge on any atom is 0.0766 e. The van der Waals surface area contributed by atoms with Gasteiger partial charge in [-0.15, -0.1) is 6.42 Å². The first kappa shape index (κ1) is 9.61. The molecule has 0 aromatic carbocycles. The Morgan fingerprint density at radius 1 is 1.08 bits per heavy atom. The van der Waals surface area contributed by atoms with E-state index in [4.69, 9.17) is 6.42 Å². The molecule has 0 aliphatic carbocycles. The average molecular weight is 165 g/mol. The molecule has 0 spiro atoms. The minimum Gasteiger partial charge on any atom is -0.288 e. The van der Waals surface area contributed by atoms with Gasteiger partial charge in [0.25, 0.3) is 0 Å². The van der Waals surface area contributed by atoms with Gasteiger partial charge >= 0.3 is 0 Å². The third-order valence-electron chi connectivity index (χ3n) is 2.75. The molecule has 12 heavy (non-hydrogen) atoms. The first-order chi connectivity index (χ1) is 5.67. The Morgan fingerprint density at radius 2 is 1.58 bits per heavy atom. The maximum atomic E-state index is 5.50. The highest BCUT2D eigenvalue weighted by molar-refractivity contribution is 5.08. The number of rotatable bonds is 1. The van der Waals surface area contributed by atoms with Crippen LogP contribution in [0, 0.1) is 12.3 Å². The predicted molar refractivity (Wildman–Crippen MR) is 53.0 cm³/mol. The second kappa shape index (κ2) is 3.96. The van der Waals surface area contributed by atoms with Crippen LogP contribution < -0.4 is 0 Å². The van der Waals surface area contributed by atoms with E-state index in [1.54, 1.807) is 0 Å². The van der Waals surface area contributed by atoms with Gasteiger partial charge in [-0.05, 0) is 39.8 Å². The molecule has 1 heterocycles. The highest BCUT2D eigenvalue weighted by Crippen LogP contribution is 2.18. The molecule has 1 nitrogen and oxygen atoms in total. The lowest BCUT2D eigenvalue weighted by Gasteiger charge is -2.33. The highest BCUT2D eigenvalue weighted by atomic mass is 15.2. The Balaban J connectivity index is 2.55. The highest BCUT2D eigenvalue weighted by Gasteiger charge is 2.24. The number of hydrogen-bond acceptors (Lipinski definition) is 1. The van der Waals surface area contributed by atoms with E-state index in [9.17, 15) is 0 Å². The lowest BCUT2D eigenvalue weighted by molar-refractivity contribution is 0.177. The molecule has 0 atom stereocenters. The molecule has 0 unspecified atom stereocenters. The Hall–Kier alpha value is -0.480. The second-order valence-electron chi connectivity index (χ2n) is 4.10. The Labute approximate surface area is 76.1 Å². The van der Waals surface area contributed by atoms with Gasteiger partial charge in [0.05, 0.1) is 5.54 Å². The number of nitrogens with zero attached hydrogens (tertiary/aromatic N) is 1. The van der Waals surface area contributed by atoms with Crippen molar-refractivity contribution in [1.82, 2.24) is 4.90 Å². The fraction of sp³-hybridized carbons (Fsp3) is 0.818. The van der Waals surface area contributed by atoms with E-state index in [1.807, 2.05) is 0 Å². The summed E-state index contributed by atoms with van der Waals surface area (Å²) in [7, 11) is 0. The summed E-state index contributed by atoms with van der Waals surface area (Å²) in [5, 5.41) is 0. The predicted octanol–water partition coefficient (Wildman–Crippen LogP) is 2.27. The Kier molecular flexibility index (Phi) is 3.17. The van der Waals surface area contributed by atoms with Crippen LogP contribution in [-0.4, -0.2) is 23.5 Å². The van der Waals surface area contributed by atoms with E-state index in [-0.39, 0.29) is 5.54 Å². The van der Waals surface area contributed by atoms with Crippen LogP contribution in [0.4, 0.5) is 0 Å². The summed E-state index contributed by atoms with van der Waals surface area (Å²) in [4.78, 5) is 2.43. The van der Waals surface area contributed by atoms with Crippen molar-refractivity contribution in [3.05, 3.63) is 0 Å². The van der Waals surface area contributed by atoms with Gasteiger partial charge in [-0.25, -0.2) is 0 Å². The summed E-state index contributed by atoms with van der Waals surface area (Å²) in [6, 6.07) is 0. The summed E-state index contributed by atoms with van der Waals surface area (Å²) in [5.74, 6) is 2.86. The molecule has 1 aliphatic heterocycles. The lowest BCUT2D eigenvalue weighted by atomic mass is 10.0. The zero-order valence-electron chi connectivity index (χ0n) is 8.27. The van der Waals surface area contributed by atoms with Gasteiger partial charge < -0.3 is 0 Å². The lowest BCUT2D eigenvalue weighted by Crippen LogP contribution is -2.43. The third-order valence-corrected chi connectivity index (χ3v) is 2.75. The fourth-order valence-corrected chi connectivity index (χ4v) is 1.72. The van der Waals surface area contributed by atoms with Crippen molar-refractivity contribution in [2.45, 2.75) is 45.1 Å². The molecular weight excluding hydrogens is 146 g/mol. The summed E-state index contributed by atoms with van der Waals surface area (Å²) in [6.07, 6.45) is 10.9. The molecule has 0 radical (unpaired) electrons. The van der Waals surface area contributed by atoms with Crippen molar-refractivity contribution < 1.29 is 0 Å². The first-order valence-electron chi connectivity index (χ1n) is 4.89. The van der Waals surface area contributed by atoms with E-state index in [0.717, 1.165) is 0 Å². The van der Waals surface area contributed by atoms with E-state index in [0.29, 0.717) is 0 Å². The molecule has 1 aliphatic rings. The molecule has 0 amide bonds. The quantitative estimate of drug-likeness (QED) is 0.539. The van der Waals surface area contributed by atoms with E-state index in [1.165, 1.54) is 38.8 Å². The van der Waals surface area contributed by atoms with E-state index >= 15 is 0 Å². The van der Waals surface area contributed by atoms with Crippen LogP contribution in [0.15, 0.2) is 0 Å². The topological polar surface area (TPSA) is 3.24 Å². The van der Waals surface area contributed by atoms with Crippen molar-refractivity contribution in [3.8, 4) is 12.3 Å². The minimum absolute atomic E-state index is 0.0374.